The molecule has 0 amide bonds. The van der Waals surface area contributed by atoms with Gasteiger partial charge in [-0.25, -0.2) is 0 Å². The Labute approximate surface area is 137 Å². The van der Waals surface area contributed by atoms with Crippen LogP contribution >= 0.6 is 0 Å². The van der Waals surface area contributed by atoms with Crippen molar-refractivity contribution in [2.24, 2.45) is 10.4 Å². The number of likely N-dealkylation sites (tertiary alicyclic amines) is 1. The van der Waals surface area contributed by atoms with Gasteiger partial charge in [-0.15, -0.1) is 0 Å². The third-order valence-electron chi connectivity index (χ3n) is 5.50. The Kier molecular flexibility index (Phi) is 3.79. The zero-order valence-corrected chi connectivity index (χ0v) is 13.8. The van der Waals surface area contributed by atoms with E-state index >= 15 is 0 Å². The second kappa shape index (κ2) is 5.95. The normalized spacial score (nSPS) is 21.6. The van der Waals surface area contributed by atoms with Crippen LogP contribution in [0.25, 0.3) is 0 Å². The standard InChI is InChI=1S/C18H25N3O2/c1-19-17(21-10-8-18(12-21)6-2-7-18)20-9-5-14-3-4-15-16(11-14)23-13-22-15/h3-4,11H,2,5-10,12-13H2,1H3,(H,19,20). The molecule has 0 bridgehead atoms. The number of guanidine groups is 1. The summed E-state index contributed by atoms with van der Waals surface area (Å²) in [6.07, 6.45) is 6.49. The first-order valence-electron chi connectivity index (χ1n) is 8.62. The fourth-order valence-corrected chi connectivity index (χ4v) is 3.95. The number of fused-ring (bicyclic) bond motifs is 1. The van der Waals surface area contributed by atoms with E-state index in [2.05, 4.69) is 27.3 Å². The minimum Gasteiger partial charge on any atom is -0.454 e. The number of hydrogen-bond acceptors (Lipinski definition) is 3. The number of hydrogen-bond donors (Lipinski definition) is 1. The Morgan fingerprint density at radius 3 is 2.87 bits per heavy atom. The summed E-state index contributed by atoms with van der Waals surface area (Å²) < 4.78 is 10.8. The Morgan fingerprint density at radius 1 is 1.26 bits per heavy atom. The van der Waals surface area contributed by atoms with E-state index in [0.29, 0.717) is 12.2 Å². The first-order chi connectivity index (χ1) is 11.3. The molecule has 1 aromatic carbocycles. The Bertz CT molecular complexity index is 610. The smallest absolute Gasteiger partial charge is 0.231 e. The summed E-state index contributed by atoms with van der Waals surface area (Å²) in [5.41, 5.74) is 1.86. The molecule has 0 radical (unpaired) electrons. The molecule has 1 aliphatic carbocycles. The molecular weight excluding hydrogens is 290 g/mol. The Morgan fingerprint density at radius 2 is 2.13 bits per heavy atom. The molecule has 0 aromatic heterocycles. The minimum atomic E-state index is 0.334. The number of nitrogens with one attached hydrogen (secondary N) is 1. The average Bonchev–Trinajstić information content (AvgIpc) is 3.17. The predicted octanol–water partition coefficient (Wildman–Crippen LogP) is 2.41. The molecule has 4 rings (SSSR count). The lowest BCUT2D eigenvalue weighted by Crippen LogP contribution is -2.43. The Balaban J connectivity index is 1.30. The van der Waals surface area contributed by atoms with Crippen LogP contribution in [0.1, 0.15) is 31.2 Å². The second-order valence-corrected chi connectivity index (χ2v) is 6.94. The van der Waals surface area contributed by atoms with E-state index in [1.807, 2.05) is 13.1 Å². The van der Waals surface area contributed by atoms with Gasteiger partial charge in [0, 0.05) is 26.7 Å². The third-order valence-corrected chi connectivity index (χ3v) is 5.50. The number of rotatable bonds is 3. The van der Waals surface area contributed by atoms with E-state index < -0.39 is 0 Å². The summed E-state index contributed by atoms with van der Waals surface area (Å²) in [6.45, 7) is 3.54. The van der Waals surface area contributed by atoms with E-state index in [1.165, 1.54) is 37.8 Å². The van der Waals surface area contributed by atoms with Gasteiger partial charge in [-0.3, -0.25) is 4.99 Å². The van der Waals surface area contributed by atoms with E-state index in [0.717, 1.165) is 37.0 Å². The third kappa shape index (κ3) is 2.84. The molecule has 23 heavy (non-hydrogen) atoms. The lowest BCUT2D eigenvalue weighted by atomic mass is 9.68. The van der Waals surface area contributed by atoms with Crippen LogP contribution in [0.5, 0.6) is 11.5 Å². The number of nitrogens with zero attached hydrogens (tertiary/aromatic N) is 2. The summed E-state index contributed by atoms with van der Waals surface area (Å²) in [7, 11) is 1.88. The van der Waals surface area contributed by atoms with E-state index in [4.69, 9.17) is 9.47 Å². The van der Waals surface area contributed by atoms with Gasteiger partial charge in [-0.2, -0.15) is 0 Å². The van der Waals surface area contributed by atoms with Gasteiger partial charge in [0.15, 0.2) is 17.5 Å². The van der Waals surface area contributed by atoms with Crippen LogP contribution in [0.2, 0.25) is 0 Å². The lowest BCUT2D eigenvalue weighted by Gasteiger charge is -2.38. The molecule has 2 heterocycles. The molecule has 0 atom stereocenters. The van der Waals surface area contributed by atoms with Gasteiger partial charge in [0.1, 0.15) is 0 Å². The maximum atomic E-state index is 5.44. The molecule has 3 aliphatic rings. The zero-order chi connectivity index (χ0) is 15.7. The van der Waals surface area contributed by atoms with Crippen molar-refractivity contribution < 1.29 is 9.47 Å². The first kappa shape index (κ1) is 14.7. The fourth-order valence-electron chi connectivity index (χ4n) is 3.95. The summed E-state index contributed by atoms with van der Waals surface area (Å²) in [6, 6.07) is 6.18. The van der Waals surface area contributed by atoms with Gasteiger partial charge in [0.25, 0.3) is 0 Å². The largest absolute Gasteiger partial charge is 0.454 e. The maximum Gasteiger partial charge on any atom is 0.231 e. The maximum absolute atomic E-state index is 5.44. The van der Waals surface area contributed by atoms with Crippen molar-refractivity contribution in [2.45, 2.75) is 32.1 Å². The van der Waals surface area contributed by atoms with Gasteiger partial charge < -0.3 is 19.7 Å². The van der Waals surface area contributed by atoms with Crippen LogP contribution in [0.3, 0.4) is 0 Å². The highest BCUT2D eigenvalue weighted by molar-refractivity contribution is 5.80. The predicted molar refractivity (Wildman–Crippen MR) is 90.1 cm³/mol. The van der Waals surface area contributed by atoms with Gasteiger partial charge in [0.2, 0.25) is 6.79 Å². The van der Waals surface area contributed by atoms with Crippen LogP contribution in [0, 0.1) is 5.41 Å². The molecule has 5 heteroatoms. The van der Waals surface area contributed by atoms with Crippen molar-refractivity contribution >= 4 is 5.96 Å². The van der Waals surface area contributed by atoms with Crippen molar-refractivity contribution in [3.8, 4) is 11.5 Å². The molecule has 0 unspecified atom stereocenters. The van der Waals surface area contributed by atoms with Crippen LogP contribution in [0.4, 0.5) is 0 Å². The molecule has 124 valence electrons. The topological polar surface area (TPSA) is 46.1 Å². The molecule has 1 saturated heterocycles. The monoisotopic (exact) mass is 315 g/mol. The van der Waals surface area contributed by atoms with Crippen molar-refractivity contribution in [2.75, 3.05) is 33.5 Å². The molecular formula is C18H25N3O2. The number of aliphatic imine (C=N–C) groups is 1. The summed E-state index contributed by atoms with van der Waals surface area (Å²) in [5, 5.41) is 3.52. The number of ether oxygens (including phenoxy) is 2. The van der Waals surface area contributed by atoms with Gasteiger partial charge in [0.05, 0.1) is 0 Å². The van der Waals surface area contributed by atoms with Gasteiger partial charge in [-0.05, 0) is 48.8 Å². The molecule has 1 saturated carbocycles. The van der Waals surface area contributed by atoms with Crippen LogP contribution in [-0.2, 0) is 6.42 Å². The highest BCUT2D eigenvalue weighted by Gasteiger charge is 2.43. The number of benzene rings is 1. The minimum absolute atomic E-state index is 0.334. The lowest BCUT2D eigenvalue weighted by molar-refractivity contribution is 0.151. The second-order valence-electron chi connectivity index (χ2n) is 6.94. The van der Waals surface area contributed by atoms with Gasteiger partial charge in [-0.1, -0.05) is 12.5 Å². The molecule has 1 spiro atoms. The SMILES string of the molecule is CN=C(NCCc1ccc2c(c1)OCO2)N1CCC2(CCC2)C1. The van der Waals surface area contributed by atoms with E-state index in [9.17, 15) is 0 Å². The van der Waals surface area contributed by atoms with Crippen molar-refractivity contribution in [1.29, 1.82) is 0 Å². The highest BCUT2D eigenvalue weighted by atomic mass is 16.7. The molecule has 5 nitrogen and oxygen atoms in total. The molecule has 1 N–H and O–H groups in total. The fraction of sp³-hybridized carbons (Fsp3) is 0.611. The summed E-state index contributed by atoms with van der Waals surface area (Å²) >= 11 is 0. The van der Waals surface area contributed by atoms with Gasteiger partial charge >= 0.3 is 0 Å². The molecule has 2 fully saturated rings. The van der Waals surface area contributed by atoms with Crippen molar-refractivity contribution in [1.82, 2.24) is 10.2 Å². The average molecular weight is 315 g/mol. The van der Waals surface area contributed by atoms with Crippen LogP contribution < -0.4 is 14.8 Å². The Hall–Kier alpha value is -1.91. The summed E-state index contributed by atoms with van der Waals surface area (Å²) in [5.74, 6) is 2.76. The van der Waals surface area contributed by atoms with Crippen LogP contribution in [0.15, 0.2) is 23.2 Å². The van der Waals surface area contributed by atoms with Crippen LogP contribution in [-0.4, -0.2) is 44.3 Å². The van der Waals surface area contributed by atoms with E-state index in [1.54, 1.807) is 0 Å². The highest BCUT2D eigenvalue weighted by Crippen LogP contribution is 2.47. The molecule has 2 aliphatic heterocycles. The van der Waals surface area contributed by atoms with Crippen molar-refractivity contribution in [3.63, 3.8) is 0 Å². The molecule has 1 aromatic rings. The quantitative estimate of drug-likeness (QED) is 0.687. The first-order valence-corrected chi connectivity index (χ1v) is 8.62. The van der Waals surface area contributed by atoms with E-state index in [-0.39, 0.29) is 0 Å². The van der Waals surface area contributed by atoms with Crippen molar-refractivity contribution in [3.05, 3.63) is 23.8 Å². The zero-order valence-electron chi connectivity index (χ0n) is 13.8. The summed E-state index contributed by atoms with van der Waals surface area (Å²) in [4.78, 5) is 6.90.